The molecule has 0 radical (unpaired) electrons. The predicted molar refractivity (Wildman–Crippen MR) is 67.1 cm³/mol. The Morgan fingerprint density at radius 1 is 1.33 bits per heavy atom. The fourth-order valence-corrected chi connectivity index (χ4v) is 1.48. The molecule has 0 saturated heterocycles. The molecule has 6 nitrogen and oxygen atoms in total. The van der Waals surface area contributed by atoms with Crippen LogP contribution in [0.15, 0.2) is 0 Å². The molecule has 0 aliphatic rings. The number of carbonyl (C=O) groups excluding carboxylic acids is 1. The maximum absolute atomic E-state index is 11.6. The molecule has 0 atom stereocenters. The molecule has 1 aromatic heterocycles. The number of rotatable bonds is 6. The van der Waals surface area contributed by atoms with Gasteiger partial charge in [0.15, 0.2) is 5.82 Å². The van der Waals surface area contributed by atoms with Gasteiger partial charge in [0.25, 0.3) is 0 Å². The number of hydrogen-bond acceptors (Lipinski definition) is 6. The molecule has 0 unspecified atom stereocenters. The molecular formula is C12H19N3O3. The van der Waals surface area contributed by atoms with Crippen LogP contribution in [0.2, 0.25) is 0 Å². The lowest BCUT2D eigenvalue weighted by Crippen LogP contribution is -2.15. The average Bonchev–Trinajstić information content (AvgIpc) is 2.28. The molecule has 2 N–H and O–H groups in total. The van der Waals surface area contributed by atoms with Crippen LogP contribution in [0.5, 0.6) is 0 Å². The van der Waals surface area contributed by atoms with Gasteiger partial charge in [-0.05, 0) is 20.3 Å². The molecule has 0 bridgehead atoms. The van der Waals surface area contributed by atoms with Crippen LogP contribution in [0.3, 0.4) is 0 Å². The number of esters is 1. The van der Waals surface area contributed by atoms with E-state index in [0.29, 0.717) is 31.3 Å². The highest BCUT2D eigenvalue weighted by atomic mass is 16.5. The third-order valence-corrected chi connectivity index (χ3v) is 2.22. The first kappa shape index (κ1) is 14.4. The summed E-state index contributed by atoms with van der Waals surface area (Å²) in [6, 6.07) is 0. The van der Waals surface area contributed by atoms with Gasteiger partial charge in [0.2, 0.25) is 0 Å². The number of anilines is 1. The van der Waals surface area contributed by atoms with E-state index in [9.17, 15) is 4.79 Å². The second-order valence-electron chi connectivity index (χ2n) is 3.76. The first-order valence-corrected chi connectivity index (χ1v) is 5.98. The number of carbonyl (C=O) groups is 1. The lowest BCUT2D eigenvalue weighted by atomic mass is 10.2. The van der Waals surface area contributed by atoms with Crippen molar-refractivity contribution in [1.29, 1.82) is 0 Å². The second kappa shape index (κ2) is 6.90. The van der Waals surface area contributed by atoms with Gasteiger partial charge < -0.3 is 15.2 Å². The number of nitrogens with zero attached hydrogens (tertiary/aromatic N) is 2. The predicted octanol–water partition coefficient (Wildman–Crippen LogP) is 1.47. The van der Waals surface area contributed by atoms with Crippen LogP contribution < -0.4 is 5.73 Å². The van der Waals surface area contributed by atoms with Crippen molar-refractivity contribution in [3.63, 3.8) is 0 Å². The number of nitrogens with two attached hydrogens (primary N) is 1. The molecule has 100 valence electrons. The van der Waals surface area contributed by atoms with Gasteiger partial charge in [-0.3, -0.25) is 0 Å². The summed E-state index contributed by atoms with van der Waals surface area (Å²) in [5.74, 6) is 0.121. The Morgan fingerprint density at radius 2 is 2.06 bits per heavy atom. The monoisotopic (exact) mass is 253 g/mol. The van der Waals surface area contributed by atoms with E-state index in [1.165, 1.54) is 0 Å². The Morgan fingerprint density at radius 3 is 2.61 bits per heavy atom. The molecule has 0 aliphatic heterocycles. The van der Waals surface area contributed by atoms with Crippen LogP contribution in [0.1, 0.15) is 42.1 Å². The van der Waals surface area contributed by atoms with Gasteiger partial charge >= 0.3 is 5.97 Å². The van der Waals surface area contributed by atoms with Crippen molar-refractivity contribution >= 4 is 11.8 Å². The zero-order valence-corrected chi connectivity index (χ0v) is 11.0. The van der Waals surface area contributed by atoms with E-state index in [1.54, 1.807) is 13.8 Å². The van der Waals surface area contributed by atoms with E-state index >= 15 is 0 Å². The zero-order valence-electron chi connectivity index (χ0n) is 11.0. The molecule has 0 spiro atoms. The summed E-state index contributed by atoms with van der Waals surface area (Å²) in [7, 11) is 0. The number of nitrogen functional groups attached to an aromatic ring is 1. The standard InChI is InChI=1S/C12H19N3O3/c1-4-6-17-7-9-14-8(3)10(11(13)15-9)12(16)18-5-2/h4-7H2,1-3H3,(H2,13,14,15). The Bertz CT molecular complexity index is 398. The van der Waals surface area contributed by atoms with Gasteiger partial charge in [0, 0.05) is 6.61 Å². The lowest BCUT2D eigenvalue weighted by molar-refractivity contribution is 0.0525. The van der Waals surface area contributed by atoms with E-state index in [2.05, 4.69) is 9.97 Å². The van der Waals surface area contributed by atoms with E-state index in [0.717, 1.165) is 6.42 Å². The number of ether oxygens (including phenoxy) is 2. The molecule has 18 heavy (non-hydrogen) atoms. The Kier molecular flexibility index (Phi) is 5.51. The van der Waals surface area contributed by atoms with Gasteiger partial charge in [0.05, 0.1) is 12.3 Å². The SMILES string of the molecule is CCCOCc1nc(C)c(C(=O)OCC)c(N)n1. The Labute approximate surface area is 107 Å². The summed E-state index contributed by atoms with van der Waals surface area (Å²) >= 11 is 0. The van der Waals surface area contributed by atoms with Crippen LogP contribution in [0, 0.1) is 6.92 Å². The number of hydrogen-bond donors (Lipinski definition) is 1. The molecule has 1 heterocycles. The molecule has 0 aliphatic carbocycles. The van der Waals surface area contributed by atoms with Gasteiger partial charge in [0.1, 0.15) is 18.0 Å². The van der Waals surface area contributed by atoms with Crippen molar-refractivity contribution < 1.29 is 14.3 Å². The van der Waals surface area contributed by atoms with Crippen molar-refractivity contribution in [2.24, 2.45) is 0 Å². The number of aryl methyl sites for hydroxylation is 1. The molecule has 6 heteroatoms. The number of aromatic nitrogens is 2. The van der Waals surface area contributed by atoms with Crippen molar-refractivity contribution in [2.75, 3.05) is 18.9 Å². The topological polar surface area (TPSA) is 87.3 Å². The Hall–Kier alpha value is -1.69. The van der Waals surface area contributed by atoms with Crippen molar-refractivity contribution in [1.82, 2.24) is 9.97 Å². The minimum absolute atomic E-state index is 0.135. The van der Waals surface area contributed by atoms with Gasteiger partial charge in [-0.15, -0.1) is 0 Å². The van der Waals surface area contributed by atoms with Gasteiger partial charge in [-0.2, -0.15) is 0 Å². The fourth-order valence-electron chi connectivity index (χ4n) is 1.48. The zero-order chi connectivity index (χ0) is 13.5. The molecule has 0 amide bonds. The summed E-state index contributed by atoms with van der Waals surface area (Å²) in [5, 5.41) is 0. The summed E-state index contributed by atoms with van der Waals surface area (Å²) in [4.78, 5) is 19.9. The summed E-state index contributed by atoms with van der Waals surface area (Å²) in [6.45, 7) is 6.68. The lowest BCUT2D eigenvalue weighted by Gasteiger charge is -2.09. The molecule has 0 aromatic carbocycles. The van der Waals surface area contributed by atoms with Crippen LogP contribution in [0.25, 0.3) is 0 Å². The second-order valence-corrected chi connectivity index (χ2v) is 3.76. The summed E-state index contributed by atoms with van der Waals surface area (Å²) < 4.78 is 10.2. The largest absolute Gasteiger partial charge is 0.462 e. The van der Waals surface area contributed by atoms with Crippen LogP contribution >= 0.6 is 0 Å². The molecule has 1 aromatic rings. The Balaban J connectivity index is 2.87. The minimum atomic E-state index is -0.492. The third kappa shape index (κ3) is 3.66. The minimum Gasteiger partial charge on any atom is -0.462 e. The highest BCUT2D eigenvalue weighted by Crippen LogP contribution is 2.15. The highest BCUT2D eigenvalue weighted by molar-refractivity contribution is 5.95. The van der Waals surface area contributed by atoms with E-state index in [1.807, 2.05) is 6.92 Å². The van der Waals surface area contributed by atoms with Crippen LogP contribution in [-0.2, 0) is 16.1 Å². The van der Waals surface area contributed by atoms with Crippen molar-refractivity contribution in [3.05, 3.63) is 17.1 Å². The molecule has 1 rings (SSSR count). The molecule has 0 saturated carbocycles. The van der Waals surface area contributed by atoms with Gasteiger partial charge in [-0.1, -0.05) is 6.92 Å². The molecule has 0 fully saturated rings. The first-order chi connectivity index (χ1) is 8.60. The van der Waals surface area contributed by atoms with Crippen LogP contribution in [-0.4, -0.2) is 29.2 Å². The maximum Gasteiger partial charge on any atom is 0.343 e. The quantitative estimate of drug-likeness (QED) is 0.610. The maximum atomic E-state index is 11.6. The van der Waals surface area contributed by atoms with Crippen LogP contribution in [0.4, 0.5) is 5.82 Å². The highest BCUT2D eigenvalue weighted by Gasteiger charge is 2.17. The first-order valence-electron chi connectivity index (χ1n) is 5.98. The van der Waals surface area contributed by atoms with E-state index in [-0.39, 0.29) is 11.4 Å². The van der Waals surface area contributed by atoms with Crippen molar-refractivity contribution in [3.8, 4) is 0 Å². The van der Waals surface area contributed by atoms with E-state index in [4.69, 9.17) is 15.2 Å². The third-order valence-electron chi connectivity index (χ3n) is 2.22. The normalized spacial score (nSPS) is 10.4. The average molecular weight is 253 g/mol. The van der Waals surface area contributed by atoms with Crippen molar-refractivity contribution in [2.45, 2.75) is 33.8 Å². The summed E-state index contributed by atoms with van der Waals surface area (Å²) in [6.07, 6.45) is 0.926. The molecular weight excluding hydrogens is 234 g/mol. The smallest absolute Gasteiger partial charge is 0.343 e. The fraction of sp³-hybridized carbons (Fsp3) is 0.583. The van der Waals surface area contributed by atoms with Gasteiger partial charge in [-0.25, -0.2) is 14.8 Å². The van der Waals surface area contributed by atoms with E-state index < -0.39 is 5.97 Å². The summed E-state index contributed by atoms with van der Waals surface area (Å²) in [5.41, 5.74) is 6.49.